The molecule has 2 bridgehead atoms. The van der Waals surface area contributed by atoms with Crippen molar-refractivity contribution in [1.82, 2.24) is 15.0 Å². The molecule has 9 heteroatoms. The van der Waals surface area contributed by atoms with Crippen LogP contribution in [0.25, 0.3) is 22.4 Å². The third kappa shape index (κ3) is 4.13. The molecule has 1 saturated heterocycles. The largest absolute Gasteiger partial charge is 0.481 e. The highest BCUT2D eigenvalue weighted by Crippen LogP contribution is 2.57. The van der Waals surface area contributed by atoms with Crippen LogP contribution in [0.3, 0.4) is 0 Å². The van der Waals surface area contributed by atoms with E-state index in [1.54, 1.807) is 6.20 Å². The summed E-state index contributed by atoms with van der Waals surface area (Å²) in [6.07, 6.45) is 9.05. The molecule has 0 amide bonds. The number of benzene rings is 1. The Balaban J connectivity index is 1.03. The molecular weight excluding hydrogens is 466 g/mol. The first-order valence-corrected chi connectivity index (χ1v) is 12.8. The van der Waals surface area contributed by atoms with Gasteiger partial charge in [0.05, 0.1) is 29.2 Å². The summed E-state index contributed by atoms with van der Waals surface area (Å²) in [6.45, 7) is 2.45. The standard InChI is InChI=1S/C27H30F2N4O3/c28-19-13-21-22(14-20(19)29)32-24(31-21)17-1-2-23(30-15-17)33-11-3-18(4-12-33)36-16-26-5-8-27(9-6-26,10-7-26)25(34)35/h1-2,13-15,18H,3-12,16H2,(H,31,32)(H,34,35). The number of aromatic nitrogens is 3. The molecule has 3 heterocycles. The monoisotopic (exact) mass is 496 g/mol. The van der Waals surface area contributed by atoms with Gasteiger partial charge in [-0.25, -0.2) is 18.7 Å². The number of hydrogen-bond acceptors (Lipinski definition) is 5. The van der Waals surface area contributed by atoms with Crippen molar-refractivity contribution >= 4 is 22.8 Å². The molecule has 3 aliphatic carbocycles. The number of piperidine rings is 1. The molecule has 0 atom stereocenters. The summed E-state index contributed by atoms with van der Waals surface area (Å²) in [5, 5.41) is 9.60. The zero-order valence-electron chi connectivity index (χ0n) is 20.1. The molecule has 2 N–H and O–H groups in total. The van der Waals surface area contributed by atoms with E-state index < -0.39 is 23.0 Å². The van der Waals surface area contributed by atoms with E-state index in [0.29, 0.717) is 16.9 Å². The average molecular weight is 497 g/mol. The smallest absolute Gasteiger partial charge is 0.309 e. The molecule has 4 aliphatic rings. The second-order valence-electron chi connectivity index (χ2n) is 10.9. The van der Waals surface area contributed by atoms with E-state index in [-0.39, 0.29) is 11.5 Å². The summed E-state index contributed by atoms with van der Waals surface area (Å²) in [6, 6.07) is 6.06. The molecule has 3 saturated carbocycles. The lowest BCUT2D eigenvalue weighted by molar-refractivity contribution is -0.162. The summed E-state index contributed by atoms with van der Waals surface area (Å²) in [7, 11) is 0. The molecule has 7 nitrogen and oxygen atoms in total. The molecule has 36 heavy (non-hydrogen) atoms. The van der Waals surface area contributed by atoms with Crippen LogP contribution in [-0.2, 0) is 9.53 Å². The van der Waals surface area contributed by atoms with Gasteiger partial charge in [-0.15, -0.1) is 0 Å². The maximum Gasteiger partial charge on any atom is 0.309 e. The minimum Gasteiger partial charge on any atom is -0.481 e. The third-order valence-electron chi connectivity index (χ3n) is 8.79. The predicted molar refractivity (Wildman–Crippen MR) is 131 cm³/mol. The van der Waals surface area contributed by atoms with Crippen molar-refractivity contribution in [2.75, 3.05) is 24.6 Å². The Morgan fingerprint density at radius 3 is 2.42 bits per heavy atom. The van der Waals surface area contributed by atoms with Crippen LogP contribution >= 0.6 is 0 Å². The lowest BCUT2D eigenvalue weighted by atomic mass is 9.54. The van der Waals surface area contributed by atoms with E-state index in [1.807, 2.05) is 12.1 Å². The summed E-state index contributed by atoms with van der Waals surface area (Å²) in [5.41, 5.74) is 1.25. The fourth-order valence-corrected chi connectivity index (χ4v) is 6.20. The van der Waals surface area contributed by atoms with Gasteiger partial charge >= 0.3 is 5.97 Å². The van der Waals surface area contributed by atoms with Crippen molar-refractivity contribution < 1.29 is 23.4 Å². The minimum atomic E-state index is -0.918. The van der Waals surface area contributed by atoms with Crippen LogP contribution in [0.15, 0.2) is 30.5 Å². The fourth-order valence-electron chi connectivity index (χ4n) is 6.20. The highest BCUT2D eigenvalue weighted by atomic mass is 19.2. The number of hydrogen-bond donors (Lipinski definition) is 2. The molecule has 2 aromatic heterocycles. The molecule has 4 fully saturated rings. The number of nitrogens with zero attached hydrogens (tertiary/aromatic N) is 3. The number of carboxylic acid groups (broad SMARTS) is 1. The molecule has 0 spiro atoms. The number of halogens is 2. The fraction of sp³-hybridized carbons (Fsp3) is 0.519. The third-order valence-corrected chi connectivity index (χ3v) is 8.79. The van der Waals surface area contributed by atoms with Crippen LogP contribution in [0, 0.1) is 22.5 Å². The number of aliphatic carboxylic acids is 1. The van der Waals surface area contributed by atoms with E-state index in [1.165, 1.54) is 0 Å². The predicted octanol–water partition coefficient (Wildman–Crippen LogP) is 5.31. The van der Waals surface area contributed by atoms with Gasteiger partial charge in [-0.2, -0.15) is 0 Å². The van der Waals surface area contributed by atoms with E-state index in [9.17, 15) is 18.7 Å². The second-order valence-corrected chi connectivity index (χ2v) is 10.9. The summed E-state index contributed by atoms with van der Waals surface area (Å²) >= 11 is 0. The van der Waals surface area contributed by atoms with Gasteiger partial charge in [-0.1, -0.05) is 0 Å². The number of carboxylic acids is 1. The Kier molecular flexibility index (Phi) is 5.70. The van der Waals surface area contributed by atoms with Crippen LogP contribution in [-0.4, -0.2) is 51.8 Å². The van der Waals surface area contributed by atoms with Crippen LogP contribution in [0.5, 0.6) is 0 Å². The number of H-pyrrole nitrogens is 1. The van der Waals surface area contributed by atoms with Gasteiger partial charge in [-0.05, 0) is 68.9 Å². The number of imidazole rings is 1. The molecule has 3 aromatic rings. The molecule has 7 rings (SSSR count). The molecule has 190 valence electrons. The number of aromatic amines is 1. The van der Waals surface area contributed by atoms with Crippen molar-refractivity contribution in [1.29, 1.82) is 0 Å². The van der Waals surface area contributed by atoms with Crippen molar-refractivity contribution in [3.8, 4) is 11.4 Å². The first-order valence-electron chi connectivity index (χ1n) is 12.8. The number of pyridine rings is 1. The van der Waals surface area contributed by atoms with Gasteiger partial charge in [0.25, 0.3) is 0 Å². The summed E-state index contributed by atoms with van der Waals surface area (Å²) in [4.78, 5) is 25.9. The molecular formula is C27H30F2N4O3. The molecule has 0 radical (unpaired) electrons. The van der Waals surface area contributed by atoms with Gasteiger partial charge in [0.1, 0.15) is 11.6 Å². The number of anilines is 1. The van der Waals surface area contributed by atoms with Gasteiger partial charge in [0.2, 0.25) is 0 Å². The van der Waals surface area contributed by atoms with Crippen LogP contribution in [0.4, 0.5) is 14.6 Å². The molecule has 1 aliphatic heterocycles. The van der Waals surface area contributed by atoms with E-state index in [0.717, 1.165) is 94.6 Å². The minimum absolute atomic E-state index is 0.167. The number of carbonyl (C=O) groups is 1. The van der Waals surface area contributed by atoms with Gasteiger partial charge in [0, 0.05) is 37.0 Å². The van der Waals surface area contributed by atoms with Gasteiger partial charge in [0.15, 0.2) is 11.6 Å². The highest BCUT2D eigenvalue weighted by Gasteiger charge is 2.52. The first-order chi connectivity index (χ1) is 17.3. The van der Waals surface area contributed by atoms with Crippen molar-refractivity contribution in [3.63, 3.8) is 0 Å². The van der Waals surface area contributed by atoms with E-state index in [2.05, 4.69) is 19.9 Å². The van der Waals surface area contributed by atoms with Crippen LogP contribution in [0.1, 0.15) is 51.4 Å². The van der Waals surface area contributed by atoms with Gasteiger partial charge in [-0.3, -0.25) is 4.79 Å². The number of fused-ring (bicyclic) bond motifs is 4. The Morgan fingerprint density at radius 2 is 1.78 bits per heavy atom. The van der Waals surface area contributed by atoms with E-state index >= 15 is 0 Å². The highest BCUT2D eigenvalue weighted by molar-refractivity contribution is 5.79. The molecule has 0 unspecified atom stereocenters. The zero-order valence-corrected chi connectivity index (χ0v) is 20.1. The summed E-state index contributed by atoms with van der Waals surface area (Å²) in [5.74, 6) is -1.04. The lowest BCUT2D eigenvalue weighted by Crippen LogP contribution is -2.48. The average Bonchev–Trinajstić information content (AvgIpc) is 3.32. The lowest BCUT2D eigenvalue weighted by Gasteiger charge is -2.51. The number of rotatable bonds is 6. The maximum absolute atomic E-state index is 13.5. The first kappa shape index (κ1) is 23.3. The normalized spacial score (nSPS) is 26.6. The maximum atomic E-state index is 13.5. The van der Waals surface area contributed by atoms with E-state index in [4.69, 9.17) is 4.74 Å². The summed E-state index contributed by atoms with van der Waals surface area (Å²) < 4.78 is 33.4. The topological polar surface area (TPSA) is 91.3 Å². The SMILES string of the molecule is O=C(O)C12CCC(COC3CCN(c4ccc(-c5nc6cc(F)c(F)cc6[nH]5)cn4)CC3)(CC1)CC2. The Bertz CT molecular complexity index is 1220. The van der Waals surface area contributed by atoms with Crippen molar-refractivity contribution in [2.45, 2.75) is 57.5 Å². The number of ether oxygens (including phenoxy) is 1. The van der Waals surface area contributed by atoms with Crippen LogP contribution in [0.2, 0.25) is 0 Å². The number of nitrogens with one attached hydrogen (secondary N) is 1. The molecule has 1 aromatic carbocycles. The Morgan fingerprint density at radius 1 is 1.08 bits per heavy atom. The van der Waals surface area contributed by atoms with Crippen molar-refractivity contribution in [2.24, 2.45) is 10.8 Å². The van der Waals surface area contributed by atoms with Gasteiger partial charge < -0.3 is 19.7 Å². The van der Waals surface area contributed by atoms with Crippen LogP contribution < -0.4 is 4.90 Å². The zero-order chi connectivity index (χ0) is 24.9. The Labute approximate surface area is 207 Å². The van der Waals surface area contributed by atoms with Crippen molar-refractivity contribution in [3.05, 3.63) is 42.1 Å². The second kappa shape index (κ2) is 8.80. The quantitative estimate of drug-likeness (QED) is 0.480. The Hall–Kier alpha value is -3.07.